The summed E-state index contributed by atoms with van der Waals surface area (Å²) in [7, 11) is 0. The van der Waals surface area contributed by atoms with Crippen LogP contribution in [0.1, 0.15) is 90.5 Å². The second-order valence-corrected chi connectivity index (χ2v) is 10.8. The standard InChI is InChI=1S/C14H18ClNO5.C12H23N/c1-14(2,3)21-13(20)16-10(12(18)19)7-8-4-5-11(17)9(15)6-8;1-3-7-11(8-4-1)13-12-9-5-2-6-10-12/h4-6,10,17H,7H2,1-3H3,(H,16,20)(H,18,19);11-13H,1-10H2/t10-;/m0./s1. The van der Waals surface area contributed by atoms with Crippen molar-refractivity contribution in [2.24, 2.45) is 0 Å². The zero-order valence-corrected chi connectivity index (χ0v) is 21.5. The minimum absolute atomic E-state index is 0.0224. The highest BCUT2D eigenvalue weighted by Gasteiger charge is 2.24. The maximum Gasteiger partial charge on any atom is 0.408 e. The number of carboxylic acid groups (broad SMARTS) is 1. The first-order valence-corrected chi connectivity index (χ1v) is 12.9. The Balaban J connectivity index is 0.000000266. The molecule has 0 aromatic heterocycles. The predicted octanol–water partition coefficient (Wildman–Crippen LogP) is 5.81. The normalized spacial score (nSPS) is 18.4. The van der Waals surface area contributed by atoms with E-state index in [1.807, 2.05) is 0 Å². The lowest BCUT2D eigenvalue weighted by atomic mass is 9.91. The van der Waals surface area contributed by atoms with Crippen molar-refractivity contribution in [2.45, 2.75) is 115 Å². The molecule has 2 aliphatic rings. The first-order chi connectivity index (χ1) is 16.0. The van der Waals surface area contributed by atoms with E-state index in [-0.39, 0.29) is 17.2 Å². The van der Waals surface area contributed by atoms with Crippen molar-refractivity contribution < 1.29 is 24.5 Å². The first kappa shape index (κ1) is 28.2. The molecular weight excluding hydrogens is 456 g/mol. The van der Waals surface area contributed by atoms with Crippen LogP contribution in [0.5, 0.6) is 5.75 Å². The van der Waals surface area contributed by atoms with Gasteiger partial charge in [-0.25, -0.2) is 9.59 Å². The molecule has 0 heterocycles. The zero-order chi connectivity index (χ0) is 25.1. The lowest BCUT2D eigenvalue weighted by molar-refractivity contribution is -0.139. The van der Waals surface area contributed by atoms with Crippen molar-refractivity contribution in [2.75, 3.05) is 0 Å². The van der Waals surface area contributed by atoms with Gasteiger partial charge >= 0.3 is 12.1 Å². The van der Waals surface area contributed by atoms with Gasteiger partial charge in [0.2, 0.25) is 0 Å². The Bertz CT molecular complexity index is 768. The fourth-order valence-corrected chi connectivity index (χ4v) is 4.64. The third-order valence-electron chi connectivity index (χ3n) is 6.12. The first-order valence-electron chi connectivity index (χ1n) is 12.5. The van der Waals surface area contributed by atoms with Crippen LogP contribution >= 0.6 is 11.6 Å². The molecule has 2 aliphatic carbocycles. The number of nitrogens with one attached hydrogen (secondary N) is 2. The topological polar surface area (TPSA) is 108 Å². The molecule has 0 saturated heterocycles. The zero-order valence-electron chi connectivity index (χ0n) is 20.7. The van der Waals surface area contributed by atoms with Gasteiger partial charge in [-0.3, -0.25) is 0 Å². The lowest BCUT2D eigenvalue weighted by Gasteiger charge is -2.30. The van der Waals surface area contributed by atoms with Gasteiger partial charge in [0.1, 0.15) is 17.4 Å². The molecule has 1 atom stereocenters. The third kappa shape index (κ3) is 11.0. The van der Waals surface area contributed by atoms with E-state index in [9.17, 15) is 14.7 Å². The molecule has 8 heteroatoms. The van der Waals surface area contributed by atoms with Crippen molar-refractivity contribution in [1.82, 2.24) is 10.6 Å². The number of amides is 1. The number of alkyl carbamates (subject to hydrolysis) is 1. The van der Waals surface area contributed by atoms with E-state index < -0.39 is 23.7 Å². The van der Waals surface area contributed by atoms with Crippen molar-refractivity contribution in [3.05, 3.63) is 28.8 Å². The van der Waals surface area contributed by atoms with Gasteiger partial charge in [-0.1, -0.05) is 56.2 Å². The van der Waals surface area contributed by atoms with Gasteiger partial charge in [-0.15, -0.1) is 0 Å². The Morgan fingerprint density at radius 2 is 1.56 bits per heavy atom. The number of hydrogen-bond acceptors (Lipinski definition) is 5. The van der Waals surface area contributed by atoms with Crippen LogP contribution in [0.2, 0.25) is 5.02 Å². The van der Waals surface area contributed by atoms with Crippen LogP contribution in [0.25, 0.3) is 0 Å². The quantitative estimate of drug-likeness (QED) is 0.396. The van der Waals surface area contributed by atoms with Crippen LogP contribution < -0.4 is 10.6 Å². The molecule has 34 heavy (non-hydrogen) atoms. The molecule has 2 saturated carbocycles. The summed E-state index contributed by atoms with van der Waals surface area (Å²) < 4.78 is 5.02. The predicted molar refractivity (Wildman–Crippen MR) is 134 cm³/mol. The van der Waals surface area contributed by atoms with Crippen molar-refractivity contribution in [3.8, 4) is 5.75 Å². The van der Waals surface area contributed by atoms with E-state index >= 15 is 0 Å². The molecule has 1 amide bonds. The van der Waals surface area contributed by atoms with E-state index in [1.165, 1.54) is 82.4 Å². The second-order valence-electron chi connectivity index (χ2n) is 10.4. The van der Waals surface area contributed by atoms with E-state index in [2.05, 4.69) is 10.6 Å². The molecule has 1 aromatic carbocycles. The van der Waals surface area contributed by atoms with E-state index in [0.717, 1.165) is 12.1 Å². The van der Waals surface area contributed by atoms with Crippen LogP contribution in [-0.4, -0.2) is 46.0 Å². The average molecular weight is 497 g/mol. The number of carboxylic acids is 1. The molecule has 1 aromatic rings. The SMILES string of the molecule is C1CCC(NC2CCCCC2)CC1.CC(C)(C)OC(=O)N[C@@H](Cc1ccc(O)c(Cl)c1)C(=O)O. The summed E-state index contributed by atoms with van der Waals surface area (Å²) in [5, 5.41) is 24.7. The summed E-state index contributed by atoms with van der Waals surface area (Å²) in [5.74, 6) is -1.28. The van der Waals surface area contributed by atoms with E-state index in [0.29, 0.717) is 5.56 Å². The van der Waals surface area contributed by atoms with E-state index in [4.69, 9.17) is 21.4 Å². The number of phenols is 1. The number of phenolic OH excluding ortho intramolecular Hbond substituents is 1. The van der Waals surface area contributed by atoms with Gasteiger partial charge in [0.25, 0.3) is 0 Å². The highest BCUT2D eigenvalue weighted by molar-refractivity contribution is 6.32. The van der Waals surface area contributed by atoms with Crippen molar-refractivity contribution in [1.29, 1.82) is 0 Å². The Morgan fingerprint density at radius 1 is 1.03 bits per heavy atom. The van der Waals surface area contributed by atoms with Crippen LogP contribution in [0, 0.1) is 0 Å². The Labute approximate surface area is 208 Å². The van der Waals surface area contributed by atoms with Gasteiger partial charge < -0.3 is 25.6 Å². The maximum atomic E-state index is 11.6. The van der Waals surface area contributed by atoms with Crippen molar-refractivity contribution in [3.63, 3.8) is 0 Å². The molecule has 0 radical (unpaired) electrons. The number of aliphatic carboxylic acids is 1. The number of ether oxygens (including phenoxy) is 1. The smallest absolute Gasteiger partial charge is 0.408 e. The van der Waals surface area contributed by atoms with Crippen LogP contribution in [-0.2, 0) is 16.0 Å². The summed E-state index contributed by atoms with van der Waals surface area (Å²) in [6, 6.07) is 4.94. The largest absolute Gasteiger partial charge is 0.506 e. The number of carbonyl (C=O) groups excluding carboxylic acids is 1. The lowest BCUT2D eigenvalue weighted by Crippen LogP contribution is -2.44. The molecule has 7 nitrogen and oxygen atoms in total. The number of halogens is 1. The summed E-state index contributed by atoms with van der Waals surface area (Å²) in [6.07, 6.45) is 13.8. The van der Waals surface area contributed by atoms with Crippen LogP contribution in [0.4, 0.5) is 4.79 Å². The second kappa shape index (κ2) is 13.8. The van der Waals surface area contributed by atoms with Gasteiger partial charge in [-0.05, 0) is 64.2 Å². The van der Waals surface area contributed by atoms with Crippen LogP contribution in [0.15, 0.2) is 18.2 Å². The molecule has 0 bridgehead atoms. The minimum Gasteiger partial charge on any atom is -0.506 e. The fourth-order valence-electron chi connectivity index (χ4n) is 4.43. The van der Waals surface area contributed by atoms with Crippen molar-refractivity contribution >= 4 is 23.7 Å². The van der Waals surface area contributed by atoms with Gasteiger partial charge in [0.15, 0.2) is 0 Å². The molecular formula is C26H41ClN2O5. The molecule has 2 fully saturated rings. The summed E-state index contributed by atoms with van der Waals surface area (Å²) in [4.78, 5) is 22.8. The molecule has 192 valence electrons. The molecule has 0 spiro atoms. The van der Waals surface area contributed by atoms with Gasteiger partial charge in [-0.2, -0.15) is 0 Å². The van der Waals surface area contributed by atoms with Gasteiger partial charge in [0.05, 0.1) is 5.02 Å². The number of aromatic hydroxyl groups is 1. The monoisotopic (exact) mass is 496 g/mol. The van der Waals surface area contributed by atoms with E-state index in [1.54, 1.807) is 20.8 Å². The summed E-state index contributed by atoms with van der Waals surface area (Å²) >= 11 is 5.76. The number of benzene rings is 1. The van der Waals surface area contributed by atoms with Crippen LogP contribution in [0.3, 0.4) is 0 Å². The molecule has 0 aliphatic heterocycles. The Hall–Kier alpha value is -1.99. The number of carbonyl (C=O) groups is 2. The fraction of sp³-hybridized carbons (Fsp3) is 0.692. The average Bonchev–Trinajstić information content (AvgIpc) is 2.76. The highest BCUT2D eigenvalue weighted by atomic mass is 35.5. The maximum absolute atomic E-state index is 11.6. The van der Waals surface area contributed by atoms with Gasteiger partial charge in [0, 0.05) is 18.5 Å². The summed E-state index contributed by atoms with van der Waals surface area (Å²) in [6.45, 7) is 5.05. The highest BCUT2D eigenvalue weighted by Crippen LogP contribution is 2.24. The Morgan fingerprint density at radius 3 is 2.00 bits per heavy atom. The molecule has 3 rings (SSSR count). The summed E-state index contributed by atoms with van der Waals surface area (Å²) in [5.41, 5.74) is -0.143. The minimum atomic E-state index is -1.19. The number of rotatable bonds is 6. The molecule has 0 unspecified atom stereocenters. The Kier molecular flexibility index (Phi) is 11.5. The molecule has 4 N–H and O–H groups in total. The number of hydrogen-bond donors (Lipinski definition) is 4. The third-order valence-corrected chi connectivity index (χ3v) is 6.43.